The summed E-state index contributed by atoms with van der Waals surface area (Å²) >= 11 is 0. The number of methoxy groups -OCH3 is 1. The zero-order valence-electron chi connectivity index (χ0n) is 15.6. The maximum absolute atomic E-state index is 12.7. The van der Waals surface area contributed by atoms with Crippen LogP contribution in [0.5, 0.6) is 5.75 Å². The van der Waals surface area contributed by atoms with Crippen LogP contribution in [-0.2, 0) is 21.2 Å². The largest absolute Gasteiger partial charge is 0.497 e. The normalized spacial score (nSPS) is 15.8. The van der Waals surface area contributed by atoms with Crippen LogP contribution in [0.25, 0.3) is 6.08 Å². The standard InChI is InChI=1S/C20H21N3O4S/c1-14-22-19(13-16-3-7-17(27-2)8-4-16)20(24)23(14)12-11-15-5-9-18(10-6-15)28(21,25)26/h3-10,13H,11-12H2,1-2H3,(H2,21,25,26)/b19-13-. The minimum absolute atomic E-state index is 0.0657. The van der Waals surface area contributed by atoms with E-state index in [1.807, 2.05) is 24.3 Å². The second kappa shape index (κ2) is 7.95. The quantitative estimate of drug-likeness (QED) is 0.752. The second-order valence-corrected chi connectivity index (χ2v) is 7.92. The molecule has 0 saturated heterocycles. The fourth-order valence-corrected chi connectivity index (χ4v) is 3.39. The average Bonchev–Trinajstić information content (AvgIpc) is 2.93. The molecule has 1 heterocycles. The molecule has 1 amide bonds. The van der Waals surface area contributed by atoms with E-state index in [0.717, 1.165) is 16.9 Å². The number of rotatable bonds is 6. The maximum atomic E-state index is 12.7. The number of carbonyl (C=O) groups excluding carboxylic acids is 1. The molecule has 8 heteroatoms. The zero-order chi connectivity index (χ0) is 20.3. The molecule has 0 saturated carbocycles. The van der Waals surface area contributed by atoms with Crippen molar-refractivity contribution in [1.82, 2.24) is 4.90 Å². The number of amides is 1. The van der Waals surface area contributed by atoms with E-state index in [4.69, 9.17) is 9.88 Å². The molecular weight excluding hydrogens is 378 g/mol. The van der Waals surface area contributed by atoms with Gasteiger partial charge in [-0.25, -0.2) is 18.5 Å². The van der Waals surface area contributed by atoms with Crippen LogP contribution in [-0.4, -0.2) is 38.7 Å². The van der Waals surface area contributed by atoms with Crippen LogP contribution in [0.15, 0.2) is 64.1 Å². The number of primary sulfonamides is 1. The van der Waals surface area contributed by atoms with Crippen molar-refractivity contribution in [2.45, 2.75) is 18.2 Å². The third-order valence-electron chi connectivity index (χ3n) is 4.43. The van der Waals surface area contributed by atoms with E-state index < -0.39 is 10.0 Å². The molecule has 0 aromatic heterocycles. The van der Waals surface area contributed by atoms with E-state index in [-0.39, 0.29) is 10.8 Å². The van der Waals surface area contributed by atoms with Crippen molar-refractivity contribution in [2.75, 3.05) is 13.7 Å². The SMILES string of the molecule is COc1ccc(/C=C2\N=C(C)N(CCc3ccc(S(N)(=O)=O)cc3)C2=O)cc1. The van der Waals surface area contributed by atoms with Gasteiger partial charge >= 0.3 is 0 Å². The number of aliphatic imine (C=N–C) groups is 1. The molecular formula is C20H21N3O4S. The van der Waals surface area contributed by atoms with Crippen molar-refractivity contribution < 1.29 is 17.9 Å². The highest BCUT2D eigenvalue weighted by Crippen LogP contribution is 2.20. The predicted molar refractivity (Wildman–Crippen MR) is 107 cm³/mol. The van der Waals surface area contributed by atoms with Gasteiger partial charge in [-0.05, 0) is 54.8 Å². The highest BCUT2D eigenvalue weighted by molar-refractivity contribution is 7.89. The summed E-state index contributed by atoms with van der Waals surface area (Å²) in [6.45, 7) is 2.24. The number of hydrogen-bond donors (Lipinski definition) is 1. The number of nitrogens with two attached hydrogens (primary N) is 1. The van der Waals surface area contributed by atoms with Crippen molar-refractivity contribution in [2.24, 2.45) is 10.1 Å². The van der Waals surface area contributed by atoms with E-state index in [9.17, 15) is 13.2 Å². The van der Waals surface area contributed by atoms with Gasteiger partial charge in [0.05, 0.1) is 12.0 Å². The van der Waals surface area contributed by atoms with Crippen LogP contribution in [0.3, 0.4) is 0 Å². The van der Waals surface area contributed by atoms with Gasteiger partial charge in [-0.3, -0.25) is 9.69 Å². The van der Waals surface area contributed by atoms with Crippen LogP contribution in [0, 0.1) is 0 Å². The first kappa shape index (κ1) is 19.8. The smallest absolute Gasteiger partial charge is 0.277 e. The van der Waals surface area contributed by atoms with Crippen LogP contribution >= 0.6 is 0 Å². The number of nitrogens with zero attached hydrogens (tertiary/aromatic N) is 2. The second-order valence-electron chi connectivity index (χ2n) is 6.36. The number of ether oxygens (including phenoxy) is 1. The summed E-state index contributed by atoms with van der Waals surface area (Å²) in [6, 6.07) is 13.7. The molecule has 0 atom stereocenters. The molecule has 7 nitrogen and oxygen atoms in total. The van der Waals surface area contributed by atoms with Gasteiger partial charge in [0.2, 0.25) is 10.0 Å². The lowest BCUT2D eigenvalue weighted by Crippen LogP contribution is -2.32. The van der Waals surface area contributed by atoms with Gasteiger partial charge in [0.25, 0.3) is 5.91 Å². The summed E-state index contributed by atoms with van der Waals surface area (Å²) < 4.78 is 27.8. The Labute approximate surface area is 164 Å². The van der Waals surface area contributed by atoms with Crippen molar-refractivity contribution in [3.8, 4) is 5.75 Å². The minimum Gasteiger partial charge on any atom is -0.497 e. The molecule has 2 aromatic carbocycles. The fourth-order valence-electron chi connectivity index (χ4n) is 2.87. The van der Waals surface area contributed by atoms with Gasteiger partial charge < -0.3 is 4.74 Å². The highest BCUT2D eigenvalue weighted by Gasteiger charge is 2.27. The molecule has 3 rings (SSSR count). The number of amidine groups is 1. The van der Waals surface area contributed by atoms with Crippen LogP contribution in [0.4, 0.5) is 0 Å². The summed E-state index contributed by atoms with van der Waals surface area (Å²) in [4.78, 5) is 18.7. The van der Waals surface area contributed by atoms with Crippen molar-refractivity contribution in [1.29, 1.82) is 0 Å². The molecule has 0 bridgehead atoms. The van der Waals surface area contributed by atoms with E-state index in [1.54, 1.807) is 37.1 Å². The van der Waals surface area contributed by atoms with Crippen molar-refractivity contribution in [3.05, 3.63) is 65.4 Å². The molecule has 0 spiro atoms. The molecule has 0 radical (unpaired) electrons. The van der Waals surface area contributed by atoms with Gasteiger partial charge in [0.1, 0.15) is 17.3 Å². The Hall–Kier alpha value is -2.97. The predicted octanol–water partition coefficient (Wildman–Crippen LogP) is 2.19. The first-order valence-corrected chi connectivity index (χ1v) is 10.2. The molecule has 0 fully saturated rings. The molecule has 1 aliphatic heterocycles. The van der Waals surface area contributed by atoms with Gasteiger partial charge in [-0.1, -0.05) is 24.3 Å². The molecule has 0 unspecified atom stereocenters. The molecule has 146 valence electrons. The highest BCUT2D eigenvalue weighted by atomic mass is 32.2. The Morgan fingerprint density at radius 3 is 2.32 bits per heavy atom. The molecule has 2 aromatic rings. The number of sulfonamides is 1. The molecule has 2 N–H and O–H groups in total. The number of hydrogen-bond acceptors (Lipinski definition) is 5. The van der Waals surface area contributed by atoms with Crippen molar-refractivity contribution >= 4 is 27.8 Å². The summed E-state index contributed by atoms with van der Waals surface area (Å²) in [5.74, 6) is 1.22. The summed E-state index contributed by atoms with van der Waals surface area (Å²) in [5, 5.41) is 5.10. The first-order valence-electron chi connectivity index (χ1n) is 8.62. The fraction of sp³-hybridized carbons (Fsp3) is 0.200. The lowest BCUT2D eigenvalue weighted by molar-refractivity contribution is -0.122. The maximum Gasteiger partial charge on any atom is 0.277 e. The minimum atomic E-state index is -3.71. The molecule has 1 aliphatic rings. The van der Waals surface area contributed by atoms with Crippen LogP contribution in [0.2, 0.25) is 0 Å². The molecule has 0 aliphatic carbocycles. The van der Waals surface area contributed by atoms with Gasteiger partial charge in [0, 0.05) is 6.54 Å². The van der Waals surface area contributed by atoms with E-state index in [1.165, 1.54) is 12.1 Å². The first-order chi connectivity index (χ1) is 13.3. The third kappa shape index (κ3) is 4.47. The lowest BCUT2D eigenvalue weighted by Gasteiger charge is -2.15. The molecule has 28 heavy (non-hydrogen) atoms. The van der Waals surface area contributed by atoms with Gasteiger partial charge in [0.15, 0.2) is 0 Å². The van der Waals surface area contributed by atoms with E-state index >= 15 is 0 Å². The monoisotopic (exact) mass is 399 g/mol. The van der Waals surface area contributed by atoms with E-state index in [2.05, 4.69) is 4.99 Å². The van der Waals surface area contributed by atoms with Crippen molar-refractivity contribution in [3.63, 3.8) is 0 Å². The summed E-state index contributed by atoms with van der Waals surface area (Å²) in [7, 11) is -2.11. The Morgan fingerprint density at radius 1 is 1.11 bits per heavy atom. The van der Waals surface area contributed by atoms with Crippen LogP contribution in [0.1, 0.15) is 18.1 Å². The number of benzene rings is 2. The summed E-state index contributed by atoms with van der Waals surface area (Å²) in [5.41, 5.74) is 2.15. The van der Waals surface area contributed by atoms with Crippen LogP contribution < -0.4 is 9.88 Å². The summed E-state index contributed by atoms with van der Waals surface area (Å²) in [6.07, 6.45) is 2.31. The number of carbonyl (C=O) groups is 1. The van der Waals surface area contributed by atoms with Gasteiger partial charge in [-0.15, -0.1) is 0 Å². The average molecular weight is 399 g/mol. The van der Waals surface area contributed by atoms with Gasteiger partial charge in [-0.2, -0.15) is 0 Å². The Bertz CT molecular complexity index is 1040. The van der Waals surface area contributed by atoms with E-state index in [0.29, 0.717) is 24.5 Å². The Kier molecular flexibility index (Phi) is 5.62. The third-order valence-corrected chi connectivity index (χ3v) is 5.36. The Balaban J connectivity index is 1.68. The lowest BCUT2D eigenvalue weighted by atomic mass is 10.1. The Morgan fingerprint density at radius 2 is 1.75 bits per heavy atom. The topological polar surface area (TPSA) is 102 Å². The zero-order valence-corrected chi connectivity index (χ0v) is 16.4.